The van der Waals surface area contributed by atoms with Crippen LogP contribution in [0.4, 0.5) is 0 Å². The number of rotatable bonds is 2. The Morgan fingerprint density at radius 2 is 1.50 bits per heavy atom. The van der Waals surface area contributed by atoms with Crippen molar-refractivity contribution < 1.29 is 4.42 Å². The minimum atomic E-state index is -0.248. The fourth-order valence-electron chi connectivity index (χ4n) is 6.10. The van der Waals surface area contributed by atoms with Gasteiger partial charge in [-0.15, -0.1) is 0 Å². The van der Waals surface area contributed by atoms with Gasteiger partial charge < -0.3 is 4.42 Å². The highest BCUT2D eigenvalue weighted by atomic mass is 16.3. The third-order valence-corrected chi connectivity index (χ3v) is 7.36. The quantitative estimate of drug-likeness (QED) is 0.287. The predicted molar refractivity (Wildman–Crippen MR) is 132 cm³/mol. The summed E-state index contributed by atoms with van der Waals surface area (Å²) in [4.78, 5) is 0. The molecule has 0 amide bonds. The number of hydrogen-bond acceptors (Lipinski definition) is 1. The number of fused-ring (bicyclic) bond motifs is 7. The lowest BCUT2D eigenvalue weighted by Crippen LogP contribution is -2.35. The molecule has 0 fully saturated rings. The fourth-order valence-corrected chi connectivity index (χ4v) is 6.10. The number of hydrogen-bond donors (Lipinski definition) is 0. The van der Waals surface area contributed by atoms with Crippen molar-refractivity contribution in [2.75, 3.05) is 0 Å². The molecule has 7 rings (SSSR count). The summed E-state index contributed by atoms with van der Waals surface area (Å²) in [6.07, 6.45) is 10.1. The Kier molecular flexibility index (Phi) is 3.66. The van der Waals surface area contributed by atoms with Crippen molar-refractivity contribution in [3.63, 3.8) is 0 Å². The number of allylic oxidation sites excluding steroid dienone is 4. The van der Waals surface area contributed by atoms with E-state index in [-0.39, 0.29) is 5.41 Å². The normalized spacial score (nSPS) is 21.2. The van der Waals surface area contributed by atoms with Crippen molar-refractivity contribution in [2.45, 2.75) is 11.8 Å². The van der Waals surface area contributed by atoms with Gasteiger partial charge in [0.2, 0.25) is 0 Å². The molecule has 152 valence electrons. The summed E-state index contributed by atoms with van der Waals surface area (Å²) >= 11 is 0. The molecule has 0 N–H and O–H groups in total. The largest absolute Gasteiger partial charge is 0.455 e. The van der Waals surface area contributed by atoms with E-state index in [1.54, 1.807) is 0 Å². The zero-order valence-electron chi connectivity index (χ0n) is 17.7. The van der Waals surface area contributed by atoms with E-state index in [1.165, 1.54) is 38.6 Å². The number of furan rings is 1. The molecule has 1 aromatic heterocycles. The summed E-state index contributed by atoms with van der Waals surface area (Å²) < 4.78 is 6.54. The zero-order valence-corrected chi connectivity index (χ0v) is 17.7. The highest BCUT2D eigenvalue weighted by molar-refractivity contribution is 6.12. The van der Waals surface area contributed by atoms with Gasteiger partial charge in [-0.1, -0.05) is 109 Å². The fraction of sp³-hybridized carbons (Fsp3) is 0.0968. The van der Waals surface area contributed by atoms with E-state index in [0.717, 1.165) is 17.6 Å². The maximum Gasteiger partial charge on any atom is 0.143 e. The second-order valence-corrected chi connectivity index (χ2v) is 8.84. The van der Waals surface area contributed by atoms with Gasteiger partial charge >= 0.3 is 0 Å². The highest BCUT2D eigenvalue weighted by Crippen LogP contribution is 2.59. The second-order valence-electron chi connectivity index (χ2n) is 8.84. The molecule has 32 heavy (non-hydrogen) atoms. The molecule has 0 radical (unpaired) electrons. The van der Waals surface area contributed by atoms with Crippen LogP contribution in [0.1, 0.15) is 23.1 Å². The first-order valence-corrected chi connectivity index (χ1v) is 11.3. The van der Waals surface area contributed by atoms with E-state index in [1.807, 2.05) is 6.07 Å². The molecule has 4 aromatic carbocycles. The average molecular weight is 411 g/mol. The van der Waals surface area contributed by atoms with Gasteiger partial charge in [0.1, 0.15) is 11.2 Å². The Hall–Kier alpha value is -3.84. The van der Waals surface area contributed by atoms with E-state index >= 15 is 0 Å². The standard InChI is InChI=1S/C31H22O/c1-3-11-21(12-4-1)31(22-13-5-2-6-14-22)26-17-9-7-16-25(26)29-27(31)20-19-24-23-15-8-10-18-28(23)32-30(24)29/h1-13,15-20,22H,14H2. The van der Waals surface area contributed by atoms with Crippen molar-refractivity contribution in [3.8, 4) is 11.1 Å². The molecule has 2 aliphatic rings. The highest BCUT2D eigenvalue weighted by Gasteiger charge is 2.49. The maximum atomic E-state index is 6.54. The molecule has 2 unspecified atom stereocenters. The summed E-state index contributed by atoms with van der Waals surface area (Å²) in [6.45, 7) is 0. The van der Waals surface area contributed by atoms with E-state index in [0.29, 0.717) is 5.92 Å². The van der Waals surface area contributed by atoms with Crippen molar-refractivity contribution in [3.05, 3.63) is 132 Å². The molecular formula is C31H22O. The monoisotopic (exact) mass is 410 g/mol. The van der Waals surface area contributed by atoms with Crippen molar-refractivity contribution in [1.29, 1.82) is 0 Å². The Morgan fingerprint density at radius 3 is 2.38 bits per heavy atom. The smallest absolute Gasteiger partial charge is 0.143 e. The Balaban J connectivity index is 1.66. The Labute approximate surface area is 187 Å². The first-order chi connectivity index (χ1) is 15.9. The minimum Gasteiger partial charge on any atom is -0.455 e. The van der Waals surface area contributed by atoms with Crippen LogP contribution in [0.15, 0.2) is 120 Å². The lowest BCUT2D eigenvalue weighted by Gasteiger charge is -2.39. The summed E-state index contributed by atoms with van der Waals surface area (Å²) in [5.41, 5.74) is 8.31. The van der Waals surface area contributed by atoms with E-state index in [2.05, 4.69) is 109 Å². The lowest BCUT2D eigenvalue weighted by atomic mass is 9.62. The molecule has 2 aliphatic carbocycles. The van der Waals surface area contributed by atoms with Crippen LogP contribution in [0.5, 0.6) is 0 Å². The topological polar surface area (TPSA) is 13.1 Å². The maximum absolute atomic E-state index is 6.54. The van der Waals surface area contributed by atoms with Gasteiger partial charge in [0.25, 0.3) is 0 Å². The molecule has 1 heteroatoms. The van der Waals surface area contributed by atoms with Gasteiger partial charge in [-0.05, 0) is 40.7 Å². The molecular weight excluding hydrogens is 388 g/mol. The van der Waals surface area contributed by atoms with Crippen LogP contribution < -0.4 is 0 Å². The lowest BCUT2D eigenvalue weighted by molar-refractivity contribution is 0.457. The van der Waals surface area contributed by atoms with Crippen LogP contribution in [0, 0.1) is 5.92 Å². The Bertz CT molecular complexity index is 1550. The van der Waals surface area contributed by atoms with Gasteiger partial charge in [0.05, 0.1) is 5.41 Å². The zero-order chi connectivity index (χ0) is 21.1. The van der Waals surface area contributed by atoms with Crippen LogP contribution >= 0.6 is 0 Å². The van der Waals surface area contributed by atoms with Gasteiger partial charge in [0.15, 0.2) is 0 Å². The third-order valence-electron chi connectivity index (χ3n) is 7.36. The van der Waals surface area contributed by atoms with E-state index in [9.17, 15) is 0 Å². The molecule has 1 heterocycles. The number of benzene rings is 4. The van der Waals surface area contributed by atoms with Crippen LogP contribution in [0.3, 0.4) is 0 Å². The van der Waals surface area contributed by atoms with Crippen molar-refractivity contribution >= 4 is 21.9 Å². The van der Waals surface area contributed by atoms with Crippen LogP contribution in [-0.4, -0.2) is 0 Å². The molecule has 1 nitrogen and oxygen atoms in total. The van der Waals surface area contributed by atoms with Crippen LogP contribution in [-0.2, 0) is 5.41 Å². The molecule has 0 saturated carbocycles. The van der Waals surface area contributed by atoms with Gasteiger partial charge in [0, 0.05) is 16.3 Å². The number of para-hydroxylation sites is 1. The molecule has 0 bridgehead atoms. The van der Waals surface area contributed by atoms with Crippen LogP contribution in [0.2, 0.25) is 0 Å². The summed E-state index contributed by atoms with van der Waals surface area (Å²) in [7, 11) is 0. The first-order valence-electron chi connectivity index (χ1n) is 11.3. The summed E-state index contributed by atoms with van der Waals surface area (Å²) in [5.74, 6) is 0.333. The van der Waals surface area contributed by atoms with Gasteiger partial charge in [-0.2, -0.15) is 0 Å². The Morgan fingerprint density at radius 1 is 0.688 bits per heavy atom. The third kappa shape index (κ3) is 2.18. The van der Waals surface area contributed by atoms with Gasteiger partial charge in [-0.3, -0.25) is 0 Å². The molecule has 0 spiro atoms. The molecule has 5 aromatic rings. The SMILES string of the molecule is C1=CCC(C2(c3ccccc3)c3ccccc3-c3c2ccc2c3oc3ccccc32)C=C1. The summed E-state index contributed by atoms with van der Waals surface area (Å²) in [6, 6.07) is 33.0. The van der Waals surface area contributed by atoms with Crippen molar-refractivity contribution in [1.82, 2.24) is 0 Å². The minimum absolute atomic E-state index is 0.248. The van der Waals surface area contributed by atoms with Crippen molar-refractivity contribution in [2.24, 2.45) is 5.92 Å². The predicted octanol–water partition coefficient (Wildman–Crippen LogP) is 8.03. The second kappa shape index (κ2) is 6.58. The molecule has 0 aliphatic heterocycles. The average Bonchev–Trinajstić information content (AvgIpc) is 3.39. The van der Waals surface area contributed by atoms with E-state index in [4.69, 9.17) is 4.42 Å². The first kappa shape index (κ1) is 17.8. The summed E-state index contributed by atoms with van der Waals surface area (Å²) in [5, 5.41) is 2.37. The van der Waals surface area contributed by atoms with Crippen LogP contribution in [0.25, 0.3) is 33.1 Å². The van der Waals surface area contributed by atoms with Gasteiger partial charge in [-0.25, -0.2) is 0 Å². The molecule has 0 saturated heterocycles. The molecule has 2 atom stereocenters. The van der Waals surface area contributed by atoms with E-state index < -0.39 is 0 Å².